The molecule has 11 heteroatoms. The summed E-state index contributed by atoms with van der Waals surface area (Å²) in [6, 6.07) is 10.9. The van der Waals surface area contributed by atoms with E-state index in [2.05, 4.69) is 10.5 Å². The van der Waals surface area contributed by atoms with Crippen molar-refractivity contribution in [3.63, 3.8) is 0 Å². The Bertz CT molecular complexity index is 1210. The number of amides is 2. The molecule has 2 bridgehead atoms. The summed E-state index contributed by atoms with van der Waals surface area (Å²) in [4.78, 5) is 26.7. The maximum absolute atomic E-state index is 13.5. The van der Waals surface area contributed by atoms with Gasteiger partial charge < -0.3 is 19.5 Å². The van der Waals surface area contributed by atoms with Gasteiger partial charge in [0.25, 0.3) is 5.91 Å². The summed E-state index contributed by atoms with van der Waals surface area (Å²) in [6.07, 6.45) is 4.42. The first kappa shape index (κ1) is 26.7. The van der Waals surface area contributed by atoms with Gasteiger partial charge >= 0.3 is 6.09 Å². The summed E-state index contributed by atoms with van der Waals surface area (Å²) in [5.41, 5.74) is 1.20. The van der Waals surface area contributed by atoms with Crippen LogP contribution in [0, 0.1) is 5.92 Å². The van der Waals surface area contributed by atoms with Crippen molar-refractivity contribution in [1.82, 2.24) is 19.7 Å². The number of hydrogen-bond acceptors (Lipinski definition) is 7. The Morgan fingerprint density at radius 1 is 1.08 bits per heavy atom. The fraction of sp³-hybridized carbons (Fsp3) is 0.593. The number of hydrogen-bond donors (Lipinski definition) is 1. The van der Waals surface area contributed by atoms with E-state index in [0.717, 1.165) is 18.4 Å². The summed E-state index contributed by atoms with van der Waals surface area (Å²) < 4.78 is 39.3. The number of sulfonamides is 1. The van der Waals surface area contributed by atoms with Crippen molar-refractivity contribution in [2.24, 2.45) is 5.92 Å². The van der Waals surface area contributed by atoms with E-state index in [1.54, 1.807) is 15.3 Å². The van der Waals surface area contributed by atoms with E-state index in [1.807, 2.05) is 37.3 Å². The third-order valence-electron chi connectivity index (χ3n) is 7.99. The average Bonchev–Trinajstić information content (AvgIpc) is 3.51. The molecule has 5 rings (SSSR count). The van der Waals surface area contributed by atoms with Crippen molar-refractivity contribution in [1.29, 1.82) is 0 Å². The fourth-order valence-electron chi connectivity index (χ4n) is 6.03. The molecular weight excluding hydrogens is 508 g/mol. The SMILES string of the molecule is CCc1cc(C(=O)N[C@@H]2C[C@H]3CC[C@@H](C2)N3S(=O)(=O)CC2CCN(C(=O)OCc3ccccc3)CC2)no1. The zero-order chi connectivity index (χ0) is 26.7. The zero-order valence-electron chi connectivity index (χ0n) is 21.8. The van der Waals surface area contributed by atoms with Crippen LogP contribution < -0.4 is 5.32 Å². The number of carbonyl (C=O) groups is 2. The lowest BCUT2D eigenvalue weighted by Crippen LogP contribution is -2.53. The van der Waals surface area contributed by atoms with Gasteiger partial charge in [-0.05, 0) is 50.0 Å². The normalized spacial score (nSPS) is 24.3. The minimum atomic E-state index is -3.45. The van der Waals surface area contributed by atoms with E-state index in [1.165, 1.54) is 0 Å². The molecule has 1 N–H and O–H groups in total. The molecule has 2 aromatic rings. The van der Waals surface area contributed by atoms with Crippen LogP contribution in [0.4, 0.5) is 4.79 Å². The lowest BCUT2D eigenvalue weighted by atomic mass is 9.99. The van der Waals surface area contributed by atoms with Crippen molar-refractivity contribution < 1.29 is 27.3 Å². The van der Waals surface area contributed by atoms with Crippen LogP contribution >= 0.6 is 0 Å². The van der Waals surface area contributed by atoms with Gasteiger partial charge in [0.1, 0.15) is 12.4 Å². The van der Waals surface area contributed by atoms with Crippen LogP contribution in [0.5, 0.6) is 0 Å². The maximum atomic E-state index is 13.5. The smallest absolute Gasteiger partial charge is 0.410 e. The van der Waals surface area contributed by atoms with Crippen LogP contribution in [0.15, 0.2) is 40.9 Å². The number of piperidine rings is 2. The Morgan fingerprint density at radius 3 is 2.39 bits per heavy atom. The first-order chi connectivity index (χ1) is 18.3. The van der Waals surface area contributed by atoms with Gasteiger partial charge in [0.05, 0.1) is 5.75 Å². The number of nitrogens with zero attached hydrogens (tertiary/aromatic N) is 3. The quantitative estimate of drug-likeness (QED) is 0.541. The van der Waals surface area contributed by atoms with Gasteiger partial charge in [-0.15, -0.1) is 0 Å². The van der Waals surface area contributed by atoms with Crippen LogP contribution in [-0.2, 0) is 27.8 Å². The maximum Gasteiger partial charge on any atom is 0.410 e. The molecule has 0 radical (unpaired) electrons. The summed E-state index contributed by atoms with van der Waals surface area (Å²) in [5, 5.41) is 6.87. The molecule has 4 heterocycles. The second-order valence-electron chi connectivity index (χ2n) is 10.6. The topological polar surface area (TPSA) is 122 Å². The van der Waals surface area contributed by atoms with Gasteiger partial charge in [-0.1, -0.05) is 42.4 Å². The van der Waals surface area contributed by atoms with Gasteiger partial charge in [-0.2, -0.15) is 4.31 Å². The number of fused-ring (bicyclic) bond motifs is 2. The number of benzene rings is 1. The molecule has 10 nitrogen and oxygen atoms in total. The first-order valence-corrected chi connectivity index (χ1v) is 15.2. The number of nitrogens with one attached hydrogen (secondary N) is 1. The molecule has 38 heavy (non-hydrogen) atoms. The second kappa shape index (κ2) is 11.4. The summed E-state index contributed by atoms with van der Waals surface area (Å²) >= 11 is 0. The Balaban J connectivity index is 1.10. The number of ether oxygens (including phenoxy) is 1. The highest BCUT2D eigenvalue weighted by Crippen LogP contribution is 2.39. The van der Waals surface area contributed by atoms with Crippen molar-refractivity contribution in [2.45, 2.75) is 76.6 Å². The summed E-state index contributed by atoms with van der Waals surface area (Å²) in [5.74, 6) is 0.493. The largest absolute Gasteiger partial charge is 0.445 e. The van der Waals surface area contributed by atoms with Crippen LogP contribution in [0.3, 0.4) is 0 Å². The molecule has 3 fully saturated rings. The zero-order valence-corrected chi connectivity index (χ0v) is 22.6. The summed E-state index contributed by atoms with van der Waals surface area (Å²) in [7, 11) is -3.45. The van der Waals surface area contributed by atoms with Gasteiger partial charge in [0.15, 0.2) is 5.69 Å². The number of rotatable bonds is 8. The lowest BCUT2D eigenvalue weighted by molar-refractivity contribution is 0.0838. The van der Waals surface area contributed by atoms with Crippen molar-refractivity contribution in [3.05, 3.63) is 53.4 Å². The van der Waals surface area contributed by atoms with Gasteiger partial charge in [0, 0.05) is 43.7 Å². The Labute approximate surface area is 223 Å². The van der Waals surface area contributed by atoms with Crippen LogP contribution in [0.25, 0.3) is 0 Å². The highest BCUT2D eigenvalue weighted by molar-refractivity contribution is 7.89. The molecule has 0 aliphatic carbocycles. The second-order valence-corrected chi connectivity index (χ2v) is 12.6. The van der Waals surface area contributed by atoms with E-state index in [4.69, 9.17) is 9.26 Å². The molecule has 0 unspecified atom stereocenters. The molecule has 3 aliphatic heterocycles. The molecule has 1 aromatic carbocycles. The standard InChI is InChI=1S/C27H36N4O6S/c1-2-24-16-25(29-37-24)26(32)28-21-14-22-8-9-23(15-21)31(22)38(34,35)18-20-10-12-30(13-11-20)27(33)36-17-19-6-4-3-5-7-19/h3-7,16,20-23H,2,8-15,17-18H2,1H3,(H,28,32)/t21-,22-,23+. The molecular formula is C27H36N4O6S. The minimum Gasteiger partial charge on any atom is -0.445 e. The molecule has 3 saturated heterocycles. The van der Waals surface area contributed by atoms with E-state index in [0.29, 0.717) is 51.0 Å². The molecule has 0 saturated carbocycles. The average molecular weight is 545 g/mol. The van der Waals surface area contributed by atoms with Gasteiger partial charge in [0.2, 0.25) is 10.0 Å². The predicted molar refractivity (Wildman–Crippen MR) is 140 cm³/mol. The number of aromatic nitrogens is 1. The van der Waals surface area contributed by atoms with Gasteiger partial charge in [-0.25, -0.2) is 13.2 Å². The Morgan fingerprint density at radius 2 is 1.76 bits per heavy atom. The Kier molecular flexibility index (Phi) is 8.04. The van der Waals surface area contributed by atoms with E-state index >= 15 is 0 Å². The highest BCUT2D eigenvalue weighted by atomic mass is 32.2. The molecule has 1 aromatic heterocycles. The van der Waals surface area contributed by atoms with E-state index in [9.17, 15) is 18.0 Å². The van der Waals surface area contributed by atoms with Crippen molar-refractivity contribution in [3.8, 4) is 0 Å². The molecule has 206 valence electrons. The van der Waals surface area contributed by atoms with Crippen LogP contribution in [0.1, 0.15) is 67.3 Å². The number of aryl methyl sites for hydroxylation is 1. The third-order valence-corrected chi connectivity index (χ3v) is 10.1. The lowest BCUT2D eigenvalue weighted by Gasteiger charge is -2.39. The fourth-order valence-corrected chi connectivity index (χ4v) is 8.42. The molecule has 3 atom stereocenters. The first-order valence-electron chi connectivity index (χ1n) is 13.6. The van der Waals surface area contributed by atoms with Gasteiger partial charge in [-0.3, -0.25) is 4.79 Å². The summed E-state index contributed by atoms with van der Waals surface area (Å²) in [6.45, 7) is 3.15. The predicted octanol–water partition coefficient (Wildman–Crippen LogP) is 3.34. The number of carbonyl (C=O) groups excluding carboxylic acids is 2. The van der Waals surface area contributed by atoms with E-state index < -0.39 is 10.0 Å². The third kappa shape index (κ3) is 6.04. The highest BCUT2D eigenvalue weighted by Gasteiger charge is 2.47. The molecule has 0 spiro atoms. The monoisotopic (exact) mass is 544 g/mol. The minimum absolute atomic E-state index is 0.00919. The van der Waals surface area contributed by atoms with Crippen LogP contribution in [0.2, 0.25) is 0 Å². The van der Waals surface area contributed by atoms with Crippen molar-refractivity contribution >= 4 is 22.0 Å². The van der Waals surface area contributed by atoms with Crippen molar-refractivity contribution in [2.75, 3.05) is 18.8 Å². The van der Waals surface area contributed by atoms with Crippen LogP contribution in [-0.4, -0.2) is 71.7 Å². The Hall–Kier alpha value is -2.92. The molecule has 2 amide bonds. The number of likely N-dealkylation sites (tertiary alicyclic amines) is 1. The van der Waals surface area contributed by atoms with E-state index in [-0.39, 0.29) is 54.1 Å². The molecule has 3 aliphatic rings.